The van der Waals surface area contributed by atoms with Gasteiger partial charge in [0.05, 0.1) is 13.2 Å². The predicted octanol–water partition coefficient (Wildman–Crippen LogP) is 3.02. The normalized spacial score (nSPS) is 31.3. The molecule has 2 aliphatic carbocycles. The van der Waals surface area contributed by atoms with Crippen LogP contribution in [0.25, 0.3) is 0 Å². The van der Waals surface area contributed by atoms with E-state index in [9.17, 15) is 0 Å². The van der Waals surface area contributed by atoms with Crippen molar-refractivity contribution in [1.82, 2.24) is 9.80 Å². The van der Waals surface area contributed by atoms with Crippen molar-refractivity contribution in [3.05, 3.63) is 0 Å². The van der Waals surface area contributed by atoms with Crippen molar-refractivity contribution in [1.29, 1.82) is 0 Å². The minimum Gasteiger partial charge on any atom is -0.383 e. The molecule has 0 aromatic heterocycles. The quantitative estimate of drug-likeness (QED) is 0.672. The summed E-state index contributed by atoms with van der Waals surface area (Å²) in [5.74, 6) is 1.61. The van der Waals surface area contributed by atoms with Gasteiger partial charge in [-0.2, -0.15) is 0 Å². The minimum atomic E-state index is 0.506. The highest BCUT2D eigenvalue weighted by atomic mass is 16.5. The molecule has 0 amide bonds. The lowest BCUT2D eigenvalue weighted by atomic mass is 9.71. The van der Waals surface area contributed by atoms with Crippen molar-refractivity contribution >= 4 is 0 Å². The van der Waals surface area contributed by atoms with Gasteiger partial charge in [0.1, 0.15) is 0 Å². The van der Waals surface area contributed by atoms with Crippen molar-refractivity contribution in [2.75, 3.05) is 59.7 Å². The first kappa shape index (κ1) is 18.2. The molecule has 2 aliphatic heterocycles. The lowest BCUT2D eigenvalue weighted by molar-refractivity contribution is 0.00892. The second-order valence-corrected chi connectivity index (χ2v) is 9.24. The number of hydrogen-bond acceptors (Lipinski definition) is 4. The standard InChI is InChI=1S/C21H38N2O2/c1-24-13-12-22-14-19(16-25-15-18-6-7-18)21(17-22)8-10-23(11-9-21)20-4-2-3-5-20/h18-20H,2-17H2,1H3. The Balaban J connectivity index is 1.33. The molecule has 1 atom stereocenters. The summed E-state index contributed by atoms with van der Waals surface area (Å²) in [4.78, 5) is 5.47. The van der Waals surface area contributed by atoms with Gasteiger partial charge < -0.3 is 19.3 Å². The van der Waals surface area contributed by atoms with Gasteiger partial charge >= 0.3 is 0 Å². The Kier molecular flexibility index (Phi) is 6.01. The summed E-state index contributed by atoms with van der Waals surface area (Å²) < 4.78 is 11.5. The van der Waals surface area contributed by atoms with E-state index < -0.39 is 0 Å². The highest BCUT2D eigenvalue weighted by Gasteiger charge is 2.48. The van der Waals surface area contributed by atoms with E-state index in [4.69, 9.17) is 9.47 Å². The third kappa shape index (κ3) is 4.40. The molecule has 4 nitrogen and oxygen atoms in total. The molecule has 1 spiro atoms. The minimum absolute atomic E-state index is 0.506. The Bertz CT molecular complexity index is 412. The molecule has 2 heterocycles. The van der Waals surface area contributed by atoms with Crippen LogP contribution in [-0.4, -0.2) is 75.5 Å². The Morgan fingerprint density at radius 2 is 1.76 bits per heavy atom. The van der Waals surface area contributed by atoms with Gasteiger partial charge in [0.15, 0.2) is 0 Å². The zero-order valence-corrected chi connectivity index (χ0v) is 16.3. The molecule has 1 unspecified atom stereocenters. The van der Waals surface area contributed by atoms with Gasteiger partial charge in [-0.25, -0.2) is 0 Å². The average Bonchev–Trinajstić information content (AvgIpc) is 3.17. The summed E-state index contributed by atoms with van der Waals surface area (Å²) in [6, 6.07) is 0.896. The van der Waals surface area contributed by atoms with Crippen LogP contribution in [0, 0.1) is 17.3 Å². The number of likely N-dealkylation sites (tertiary alicyclic amines) is 2. The summed E-state index contributed by atoms with van der Waals surface area (Å²) in [6.45, 7) is 9.08. The summed E-state index contributed by atoms with van der Waals surface area (Å²) in [5.41, 5.74) is 0.506. The Labute approximate surface area is 154 Å². The summed E-state index contributed by atoms with van der Waals surface area (Å²) in [7, 11) is 1.82. The molecule has 4 heteroatoms. The average molecular weight is 351 g/mol. The molecular formula is C21H38N2O2. The van der Waals surface area contributed by atoms with E-state index in [2.05, 4.69) is 9.80 Å². The molecule has 0 aromatic rings. The molecule has 144 valence electrons. The van der Waals surface area contributed by atoms with Crippen molar-refractivity contribution in [3.63, 3.8) is 0 Å². The Hall–Kier alpha value is -0.160. The first-order valence-corrected chi connectivity index (χ1v) is 10.8. The van der Waals surface area contributed by atoms with Crippen molar-refractivity contribution in [2.24, 2.45) is 17.3 Å². The predicted molar refractivity (Wildman–Crippen MR) is 101 cm³/mol. The first-order valence-electron chi connectivity index (χ1n) is 10.8. The molecule has 4 rings (SSSR count). The van der Waals surface area contributed by atoms with Crippen molar-refractivity contribution < 1.29 is 9.47 Å². The molecule has 2 saturated carbocycles. The van der Waals surface area contributed by atoms with Crippen LogP contribution in [0.5, 0.6) is 0 Å². The number of piperidine rings is 1. The number of ether oxygens (including phenoxy) is 2. The lowest BCUT2D eigenvalue weighted by Crippen LogP contribution is -2.48. The second kappa shape index (κ2) is 8.24. The van der Waals surface area contributed by atoms with E-state index in [0.29, 0.717) is 5.41 Å². The molecule has 4 aliphatic rings. The number of methoxy groups -OCH3 is 1. The third-order valence-electron chi connectivity index (χ3n) is 7.50. The van der Waals surface area contributed by atoms with Crippen LogP contribution in [0.3, 0.4) is 0 Å². The molecule has 25 heavy (non-hydrogen) atoms. The van der Waals surface area contributed by atoms with Crippen LogP contribution < -0.4 is 0 Å². The van der Waals surface area contributed by atoms with Gasteiger partial charge in [-0.05, 0) is 62.9 Å². The van der Waals surface area contributed by atoms with Crippen LogP contribution in [-0.2, 0) is 9.47 Å². The SMILES string of the molecule is COCCN1CC(COCC2CC2)C2(CCN(C3CCCC3)CC2)C1. The summed E-state index contributed by atoms with van der Waals surface area (Å²) >= 11 is 0. The fraction of sp³-hybridized carbons (Fsp3) is 1.00. The van der Waals surface area contributed by atoms with Crippen LogP contribution in [0.15, 0.2) is 0 Å². The van der Waals surface area contributed by atoms with Crippen LogP contribution >= 0.6 is 0 Å². The monoisotopic (exact) mass is 350 g/mol. The van der Waals surface area contributed by atoms with E-state index in [1.165, 1.54) is 77.5 Å². The highest BCUT2D eigenvalue weighted by Crippen LogP contribution is 2.46. The zero-order chi connectivity index (χ0) is 17.1. The van der Waals surface area contributed by atoms with Gasteiger partial charge in [-0.1, -0.05) is 12.8 Å². The number of nitrogens with zero attached hydrogens (tertiary/aromatic N) is 2. The molecular weight excluding hydrogens is 312 g/mol. The maximum Gasteiger partial charge on any atom is 0.0589 e. The molecule has 2 saturated heterocycles. The molecule has 0 radical (unpaired) electrons. The van der Waals surface area contributed by atoms with E-state index in [1.54, 1.807) is 0 Å². The Morgan fingerprint density at radius 3 is 2.44 bits per heavy atom. The fourth-order valence-electron chi connectivity index (χ4n) is 5.60. The van der Waals surface area contributed by atoms with Gasteiger partial charge in [0.25, 0.3) is 0 Å². The maximum absolute atomic E-state index is 6.18. The van der Waals surface area contributed by atoms with Gasteiger partial charge in [0, 0.05) is 45.3 Å². The van der Waals surface area contributed by atoms with Gasteiger partial charge in [0.2, 0.25) is 0 Å². The van der Waals surface area contributed by atoms with Crippen molar-refractivity contribution in [3.8, 4) is 0 Å². The summed E-state index contributed by atoms with van der Waals surface area (Å²) in [5, 5.41) is 0. The molecule has 0 aromatic carbocycles. The van der Waals surface area contributed by atoms with E-state index in [-0.39, 0.29) is 0 Å². The zero-order valence-electron chi connectivity index (χ0n) is 16.3. The van der Waals surface area contributed by atoms with E-state index in [0.717, 1.165) is 44.2 Å². The van der Waals surface area contributed by atoms with E-state index in [1.807, 2.05) is 7.11 Å². The van der Waals surface area contributed by atoms with Gasteiger partial charge in [-0.15, -0.1) is 0 Å². The lowest BCUT2D eigenvalue weighted by Gasteiger charge is -2.44. The first-order chi connectivity index (χ1) is 12.3. The number of hydrogen-bond donors (Lipinski definition) is 0. The van der Waals surface area contributed by atoms with Crippen molar-refractivity contribution in [2.45, 2.75) is 57.4 Å². The van der Waals surface area contributed by atoms with E-state index >= 15 is 0 Å². The number of rotatable bonds is 8. The van der Waals surface area contributed by atoms with Crippen LogP contribution in [0.2, 0.25) is 0 Å². The van der Waals surface area contributed by atoms with Crippen LogP contribution in [0.4, 0.5) is 0 Å². The fourth-order valence-corrected chi connectivity index (χ4v) is 5.60. The third-order valence-corrected chi connectivity index (χ3v) is 7.50. The highest BCUT2D eigenvalue weighted by molar-refractivity contribution is 5.00. The van der Waals surface area contributed by atoms with Crippen LogP contribution in [0.1, 0.15) is 51.4 Å². The largest absolute Gasteiger partial charge is 0.383 e. The topological polar surface area (TPSA) is 24.9 Å². The molecule has 0 N–H and O–H groups in total. The Morgan fingerprint density at radius 1 is 1.00 bits per heavy atom. The smallest absolute Gasteiger partial charge is 0.0589 e. The molecule has 0 bridgehead atoms. The summed E-state index contributed by atoms with van der Waals surface area (Å²) in [6.07, 6.45) is 11.3. The second-order valence-electron chi connectivity index (χ2n) is 9.24. The van der Waals surface area contributed by atoms with Gasteiger partial charge in [-0.3, -0.25) is 0 Å². The molecule has 4 fully saturated rings. The maximum atomic E-state index is 6.18.